The molecule has 0 amide bonds. The second-order valence-electron chi connectivity index (χ2n) is 10.5. The van der Waals surface area contributed by atoms with Crippen LogP contribution in [0.3, 0.4) is 0 Å². The summed E-state index contributed by atoms with van der Waals surface area (Å²) >= 11 is 0. The van der Waals surface area contributed by atoms with E-state index in [2.05, 4.69) is 63.1 Å². The summed E-state index contributed by atoms with van der Waals surface area (Å²) in [6.07, 6.45) is 6.76. The van der Waals surface area contributed by atoms with Crippen LogP contribution >= 0.6 is 0 Å². The molecule has 0 saturated carbocycles. The Labute approximate surface area is 250 Å². The molecule has 5 heterocycles. The first kappa shape index (κ1) is 24.4. The van der Waals surface area contributed by atoms with E-state index in [0.29, 0.717) is 11.8 Å². The van der Waals surface area contributed by atoms with Crippen LogP contribution in [0.15, 0.2) is 147 Å². The van der Waals surface area contributed by atoms with E-state index in [1.807, 2.05) is 60.7 Å². The highest BCUT2D eigenvalue weighted by Gasteiger charge is 2.21. The Hall–Kier alpha value is -6.21. The van der Waals surface area contributed by atoms with Crippen molar-refractivity contribution in [2.24, 2.45) is 0 Å². The van der Waals surface area contributed by atoms with Gasteiger partial charge in [-0.25, -0.2) is 9.97 Å². The van der Waals surface area contributed by atoms with Crippen molar-refractivity contribution < 1.29 is 13.3 Å². The Morgan fingerprint density at radius 3 is 2.32 bits per heavy atom. The number of para-hydroxylation sites is 2. The Morgan fingerprint density at radius 1 is 0.568 bits per heavy atom. The number of aromatic nitrogens is 4. The highest BCUT2D eigenvalue weighted by Crippen LogP contribution is 2.40. The van der Waals surface area contributed by atoms with Gasteiger partial charge in [0.2, 0.25) is 11.8 Å². The summed E-state index contributed by atoms with van der Waals surface area (Å²) in [6, 6.07) is 36.6. The average Bonchev–Trinajstić information content (AvgIpc) is 3.90. The minimum absolute atomic E-state index is 0.532. The highest BCUT2D eigenvalue weighted by atomic mass is 16.3. The van der Waals surface area contributed by atoms with Gasteiger partial charge in [-0.15, -0.1) is 0 Å². The summed E-state index contributed by atoms with van der Waals surface area (Å²) in [5, 5.41) is 2.16. The number of oxazole rings is 2. The van der Waals surface area contributed by atoms with Gasteiger partial charge in [0, 0.05) is 33.7 Å². The van der Waals surface area contributed by atoms with E-state index in [0.717, 1.165) is 72.3 Å². The van der Waals surface area contributed by atoms with Crippen LogP contribution in [0.2, 0.25) is 0 Å². The van der Waals surface area contributed by atoms with Gasteiger partial charge in [0.15, 0.2) is 5.58 Å². The molecule has 44 heavy (non-hydrogen) atoms. The maximum Gasteiger partial charge on any atom is 0.227 e. The first-order valence-corrected chi connectivity index (χ1v) is 14.2. The van der Waals surface area contributed by atoms with Gasteiger partial charge >= 0.3 is 0 Å². The number of benzene rings is 4. The van der Waals surface area contributed by atoms with Crippen LogP contribution in [-0.2, 0) is 0 Å². The molecule has 0 N–H and O–H groups in total. The molecular formula is C37H22N4O3. The molecule has 0 aliphatic rings. The lowest BCUT2D eigenvalue weighted by molar-refractivity contribution is 0.574. The van der Waals surface area contributed by atoms with Crippen LogP contribution < -0.4 is 0 Å². The summed E-state index contributed by atoms with van der Waals surface area (Å²) in [5.41, 5.74) is 9.09. The molecule has 208 valence electrons. The summed E-state index contributed by atoms with van der Waals surface area (Å²) < 4.78 is 20.0. The quantitative estimate of drug-likeness (QED) is 0.205. The van der Waals surface area contributed by atoms with Crippen molar-refractivity contribution in [3.05, 3.63) is 134 Å². The number of fused-ring (bicyclic) bond motifs is 4. The minimum atomic E-state index is 0.532. The number of pyridine rings is 1. The molecule has 9 aromatic rings. The van der Waals surface area contributed by atoms with E-state index in [1.165, 1.54) is 0 Å². The van der Waals surface area contributed by atoms with E-state index >= 15 is 0 Å². The van der Waals surface area contributed by atoms with Crippen molar-refractivity contribution >= 4 is 32.9 Å². The Bertz CT molecular complexity index is 2400. The van der Waals surface area contributed by atoms with Gasteiger partial charge in [-0.2, -0.15) is 0 Å². The zero-order valence-corrected chi connectivity index (χ0v) is 23.2. The molecule has 0 aliphatic carbocycles. The SMILES string of the molecule is c1ccc(-c2ccc(-c3ncco3)c(-n3c4ccc(-c5ccco5)cc4c4ccc(-c5nc6ccccc6o5)cc43)c2)nc1. The lowest BCUT2D eigenvalue weighted by atomic mass is 10.0. The first-order chi connectivity index (χ1) is 21.8. The molecule has 4 aromatic carbocycles. The van der Waals surface area contributed by atoms with E-state index in [-0.39, 0.29) is 0 Å². The highest BCUT2D eigenvalue weighted by molar-refractivity contribution is 6.11. The molecule has 0 fully saturated rings. The smallest absolute Gasteiger partial charge is 0.227 e. The Balaban J connectivity index is 1.36. The van der Waals surface area contributed by atoms with Crippen LogP contribution in [0.4, 0.5) is 0 Å². The van der Waals surface area contributed by atoms with Gasteiger partial charge in [0.05, 0.1) is 40.4 Å². The van der Waals surface area contributed by atoms with E-state index in [9.17, 15) is 0 Å². The molecule has 0 radical (unpaired) electrons. The van der Waals surface area contributed by atoms with Crippen LogP contribution in [0.1, 0.15) is 0 Å². The minimum Gasteiger partial charge on any atom is -0.464 e. The summed E-state index contributed by atoms with van der Waals surface area (Å²) in [5.74, 6) is 1.91. The monoisotopic (exact) mass is 570 g/mol. The van der Waals surface area contributed by atoms with Crippen molar-refractivity contribution in [1.29, 1.82) is 0 Å². The third-order valence-corrected chi connectivity index (χ3v) is 7.97. The van der Waals surface area contributed by atoms with Gasteiger partial charge in [-0.3, -0.25) is 4.98 Å². The summed E-state index contributed by atoms with van der Waals surface area (Å²) in [7, 11) is 0. The molecule has 7 heteroatoms. The second kappa shape index (κ2) is 9.68. The molecule has 0 saturated heterocycles. The van der Waals surface area contributed by atoms with E-state index in [1.54, 1.807) is 24.9 Å². The lowest BCUT2D eigenvalue weighted by Crippen LogP contribution is -1.99. The molecular weight excluding hydrogens is 548 g/mol. The Morgan fingerprint density at radius 2 is 1.48 bits per heavy atom. The van der Waals surface area contributed by atoms with Gasteiger partial charge < -0.3 is 17.8 Å². The molecule has 0 aliphatic heterocycles. The van der Waals surface area contributed by atoms with Gasteiger partial charge in [0.25, 0.3) is 0 Å². The molecule has 9 rings (SSSR count). The molecule has 7 nitrogen and oxygen atoms in total. The predicted octanol–water partition coefficient (Wildman–Crippen LogP) is 9.57. The molecule has 5 aromatic heterocycles. The van der Waals surface area contributed by atoms with Crippen LogP contribution in [0, 0.1) is 0 Å². The standard InChI is InChI=1S/C37H22N4O3/c1-2-8-35-30(7-1)40-36(44-35)25-11-13-26-28-20-24(34-9-5-18-42-34)12-15-31(28)41(32(26)22-25)33-21-23(29-6-3-4-16-38-29)10-14-27(33)37-39-17-19-43-37/h1-22H. The van der Waals surface area contributed by atoms with Crippen LogP contribution in [-0.4, -0.2) is 19.5 Å². The number of rotatable bonds is 5. The number of nitrogens with zero attached hydrogens (tertiary/aromatic N) is 4. The van der Waals surface area contributed by atoms with Crippen molar-refractivity contribution in [3.63, 3.8) is 0 Å². The lowest BCUT2D eigenvalue weighted by Gasteiger charge is -2.14. The van der Waals surface area contributed by atoms with Gasteiger partial charge in [-0.1, -0.05) is 30.3 Å². The second-order valence-corrected chi connectivity index (χ2v) is 10.5. The fourth-order valence-corrected chi connectivity index (χ4v) is 5.95. The number of hydrogen-bond donors (Lipinski definition) is 0. The molecule has 0 spiro atoms. The number of furan rings is 1. The maximum absolute atomic E-state index is 6.18. The summed E-state index contributed by atoms with van der Waals surface area (Å²) in [6.45, 7) is 0. The third kappa shape index (κ3) is 3.87. The normalized spacial score (nSPS) is 11.6. The molecule has 0 bridgehead atoms. The number of hydrogen-bond acceptors (Lipinski definition) is 6. The van der Waals surface area contributed by atoms with Crippen LogP contribution in [0.25, 0.3) is 84.1 Å². The van der Waals surface area contributed by atoms with E-state index < -0.39 is 0 Å². The Kier molecular flexibility index (Phi) is 5.36. The van der Waals surface area contributed by atoms with Crippen molar-refractivity contribution in [2.45, 2.75) is 0 Å². The zero-order chi connectivity index (χ0) is 29.0. The van der Waals surface area contributed by atoms with Gasteiger partial charge in [-0.05, 0) is 78.9 Å². The maximum atomic E-state index is 6.18. The fourth-order valence-electron chi connectivity index (χ4n) is 5.95. The largest absolute Gasteiger partial charge is 0.464 e. The zero-order valence-electron chi connectivity index (χ0n) is 23.2. The predicted molar refractivity (Wildman–Crippen MR) is 170 cm³/mol. The average molecular weight is 571 g/mol. The molecule has 0 atom stereocenters. The van der Waals surface area contributed by atoms with Crippen molar-refractivity contribution in [3.8, 4) is 51.2 Å². The van der Waals surface area contributed by atoms with Crippen molar-refractivity contribution in [1.82, 2.24) is 19.5 Å². The summed E-state index contributed by atoms with van der Waals surface area (Å²) in [4.78, 5) is 13.9. The van der Waals surface area contributed by atoms with E-state index in [4.69, 9.17) is 18.2 Å². The fraction of sp³-hybridized carbons (Fsp3) is 0. The van der Waals surface area contributed by atoms with Gasteiger partial charge in [0.1, 0.15) is 17.5 Å². The molecule has 0 unspecified atom stereocenters. The topological polar surface area (TPSA) is 83.0 Å². The first-order valence-electron chi connectivity index (χ1n) is 14.2. The van der Waals surface area contributed by atoms with Crippen molar-refractivity contribution in [2.75, 3.05) is 0 Å². The van der Waals surface area contributed by atoms with Crippen LogP contribution in [0.5, 0.6) is 0 Å². The third-order valence-electron chi connectivity index (χ3n) is 7.97.